The van der Waals surface area contributed by atoms with Gasteiger partial charge in [0.2, 0.25) is 0 Å². The molecule has 0 aliphatic carbocycles. The Bertz CT molecular complexity index is 974. The average molecular weight is 390 g/mol. The largest absolute Gasteiger partial charge is 0.350 e. The molecule has 1 unspecified atom stereocenters. The minimum atomic E-state index is -0.566. The van der Waals surface area contributed by atoms with E-state index in [4.69, 9.17) is 17.3 Å². The quantitative estimate of drug-likeness (QED) is 0.704. The molecule has 6 nitrogen and oxygen atoms in total. The lowest BCUT2D eigenvalue weighted by atomic mass is 10.1. The molecule has 3 N–H and O–H groups in total. The van der Waals surface area contributed by atoms with Crippen LogP contribution in [-0.4, -0.2) is 26.8 Å². The summed E-state index contributed by atoms with van der Waals surface area (Å²) >= 11 is 5.86. The fraction of sp³-hybridized carbons (Fsp3) is 0.263. The van der Waals surface area contributed by atoms with E-state index in [9.17, 15) is 9.18 Å². The van der Waals surface area contributed by atoms with E-state index in [0.29, 0.717) is 11.1 Å². The number of aromatic nitrogens is 3. The number of carbonyl (C=O) groups is 1. The predicted molar refractivity (Wildman–Crippen MR) is 103 cm³/mol. The zero-order valence-electron chi connectivity index (χ0n) is 15.3. The van der Waals surface area contributed by atoms with E-state index in [-0.39, 0.29) is 17.5 Å². The lowest BCUT2D eigenvalue weighted by Gasteiger charge is -2.14. The lowest BCUT2D eigenvalue weighted by Crippen LogP contribution is -2.32. The van der Waals surface area contributed by atoms with Gasteiger partial charge in [0.25, 0.3) is 5.91 Å². The Morgan fingerprint density at radius 2 is 2.07 bits per heavy atom. The second-order valence-electron chi connectivity index (χ2n) is 6.51. The van der Waals surface area contributed by atoms with Gasteiger partial charge in [0.1, 0.15) is 5.82 Å². The first-order valence-corrected chi connectivity index (χ1v) is 8.82. The molecule has 0 bridgehead atoms. The normalized spacial score (nSPS) is 12.2. The summed E-state index contributed by atoms with van der Waals surface area (Å²) < 4.78 is 17.2. The Balaban J connectivity index is 1.75. The van der Waals surface area contributed by atoms with Crippen LogP contribution in [0.4, 0.5) is 4.39 Å². The van der Waals surface area contributed by atoms with Gasteiger partial charge in [0.15, 0.2) is 0 Å². The Kier molecular flexibility index (Phi) is 5.34. The van der Waals surface area contributed by atoms with Crippen molar-refractivity contribution in [3.8, 4) is 5.69 Å². The van der Waals surface area contributed by atoms with Gasteiger partial charge in [-0.25, -0.2) is 4.39 Å². The number of rotatable bonds is 5. The maximum Gasteiger partial charge on any atom is 0.253 e. The molecule has 3 rings (SSSR count). The van der Waals surface area contributed by atoms with Crippen molar-refractivity contribution in [1.29, 1.82) is 0 Å². The molecule has 0 saturated carbocycles. The van der Waals surface area contributed by atoms with Crippen molar-refractivity contribution >= 4 is 17.5 Å². The monoisotopic (exact) mass is 389 g/mol. The maximum absolute atomic E-state index is 13.5. The number of hydrogen-bond donors (Lipinski definition) is 2. The number of hydrogen-bond acceptors (Lipinski definition) is 3. The third kappa shape index (κ3) is 4.04. The average Bonchev–Trinajstić information content (AvgIpc) is 3.14. The molecule has 0 radical (unpaired) electrons. The summed E-state index contributed by atoms with van der Waals surface area (Å²) in [6, 6.07) is 5.38. The molecule has 0 aliphatic rings. The van der Waals surface area contributed by atoms with Crippen molar-refractivity contribution in [2.75, 3.05) is 6.54 Å². The van der Waals surface area contributed by atoms with Crippen LogP contribution in [0.1, 0.15) is 33.4 Å². The van der Waals surface area contributed by atoms with Gasteiger partial charge in [-0.1, -0.05) is 11.6 Å². The summed E-state index contributed by atoms with van der Waals surface area (Å²) in [5.41, 5.74) is 9.77. The molecule has 1 atom stereocenters. The second-order valence-corrected chi connectivity index (χ2v) is 6.95. The third-order valence-corrected chi connectivity index (χ3v) is 4.64. The SMILES string of the molecule is Cc1cc(C(=O)NCC(N)c2cc(F)cc(Cl)c2)c(C)n1-c1cnn(C)c1. The fourth-order valence-corrected chi connectivity index (χ4v) is 3.35. The zero-order chi connectivity index (χ0) is 19.7. The van der Waals surface area contributed by atoms with E-state index < -0.39 is 11.9 Å². The molecule has 0 fully saturated rings. The molecule has 3 aromatic rings. The van der Waals surface area contributed by atoms with Crippen LogP contribution in [0, 0.1) is 19.7 Å². The van der Waals surface area contributed by atoms with Gasteiger partial charge in [-0.05, 0) is 43.7 Å². The Hall–Kier alpha value is -2.64. The molecule has 0 spiro atoms. The van der Waals surface area contributed by atoms with E-state index in [1.165, 1.54) is 12.1 Å². The highest BCUT2D eigenvalue weighted by Crippen LogP contribution is 2.21. The minimum Gasteiger partial charge on any atom is -0.350 e. The van der Waals surface area contributed by atoms with E-state index >= 15 is 0 Å². The highest BCUT2D eigenvalue weighted by atomic mass is 35.5. The molecule has 1 aromatic carbocycles. The van der Waals surface area contributed by atoms with Gasteiger partial charge in [-0.15, -0.1) is 0 Å². The Morgan fingerprint density at radius 1 is 1.33 bits per heavy atom. The summed E-state index contributed by atoms with van der Waals surface area (Å²) in [6.07, 6.45) is 3.62. The number of halogens is 2. The van der Waals surface area contributed by atoms with E-state index in [0.717, 1.165) is 17.1 Å². The van der Waals surface area contributed by atoms with Crippen molar-refractivity contribution in [2.45, 2.75) is 19.9 Å². The van der Waals surface area contributed by atoms with Crippen molar-refractivity contribution in [3.63, 3.8) is 0 Å². The first-order chi connectivity index (χ1) is 12.8. The van der Waals surface area contributed by atoms with Gasteiger partial charge in [-0.2, -0.15) is 5.10 Å². The van der Waals surface area contributed by atoms with Crippen LogP contribution in [0.25, 0.3) is 5.69 Å². The van der Waals surface area contributed by atoms with Crippen molar-refractivity contribution in [2.24, 2.45) is 12.8 Å². The summed E-state index contributed by atoms with van der Waals surface area (Å²) in [5.74, 6) is -0.699. The Morgan fingerprint density at radius 3 is 2.70 bits per heavy atom. The Labute approximate surface area is 161 Å². The molecule has 8 heteroatoms. The summed E-state index contributed by atoms with van der Waals surface area (Å²) in [5, 5.41) is 7.25. The van der Waals surface area contributed by atoms with E-state index in [1.807, 2.05) is 37.7 Å². The van der Waals surface area contributed by atoms with Crippen LogP contribution in [-0.2, 0) is 7.05 Å². The number of nitrogens with zero attached hydrogens (tertiary/aromatic N) is 3. The number of aryl methyl sites for hydroxylation is 2. The number of amides is 1. The van der Waals surface area contributed by atoms with Crippen molar-refractivity contribution < 1.29 is 9.18 Å². The van der Waals surface area contributed by atoms with Crippen LogP contribution < -0.4 is 11.1 Å². The molecule has 1 amide bonds. The van der Waals surface area contributed by atoms with Crippen molar-refractivity contribution in [1.82, 2.24) is 19.7 Å². The number of carbonyl (C=O) groups excluding carboxylic acids is 1. The van der Waals surface area contributed by atoms with E-state index in [2.05, 4.69) is 10.4 Å². The summed E-state index contributed by atoms with van der Waals surface area (Å²) in [6.45, 7) is 3.97. The number of nitrogens with two attached hydrogens (primary N) is 1. The summed E-state index contributed by atoms with van der Waals surface area (Å²) in [4.78, 5) is 12.6. The molecule has 2 aromatic heterocycles. The highest BCUT2D eigenvalue weighted by molar-refractivity contribution is 6.30. The van der Waals surface area contributed by atoms with Crippen LogP contribution in [0.5, 0.6) is 0 Å². The number of benzene rings is 1. The second kappa shape index (κ2) is 7.54. The van der Waals surface area contributed by atoms with Crippen LogP contribution in [0.15, 0.2) is 36.7 Å². The van der Waals surface area contributed by atoms with Gasteiger partial charge < -0.3 is 15.6 Å². The molecule has 0 saturated heterocycles. The van der Waals surface area contributed by atoms with Gasteiger partial charge in [0.05, 0.1) is 17.4 Å². The number of nitrogens with one attached hydrogen (secondary N) is 1. The molecular formula is C19H21ClFN5O. The first-order valence-electron chi connectivity index (χ1n) is 8.44. The van der Waals surface area contributed by atoms with Gasteiger partial charge in [0, 0.05) is 42.2 Å². The molecule has 0 aliphatic heterocycles. The van der Waals surface area contributed by atoms with Crippen molar-refractivity contribution in [3.05, 3.63) is 70.0 Å². The topological polar surface area (TPSA) is 77.9 Å². The maximum atomic E-state index is 13.5. The lowest BCUT2D eigenvalue weighted by molar-refractivity contribution is 0.0950. The molecule has 27 heavy (non-hydrogen) atoms. The minimum absolute atomic E-state index is 0.162. The standard InChI is InChI=1S/C19H21ClFN5O/c1-11-4-17(12(2)26(11)16-8-24-25(3)10-16)19(27)23-9-18(22)13-5-14(20)7-15(21)6-13/h4-8,10,18H,9,22H2,1-3H3,(H,23,27). The highest BCUT2D eigenvalue weighted by Gasteiger charge is 2.18. The van der Waals surface area contributed by atoms with Gasteiger partial charge in [-0.3, -0.25) is 9.48 Å². The molecule has 142 valence electrons. The fourth-order valence-electron chi connectivity index (χ4n) is 3.12. The van der Waals surface area contributed by atoms with Crippen LogP contribution in [0.2, 0.25) is 5.02 Å². The zero-order valence-corrected chi connectivity index (χ0v) is 16.1. The molecular weight excluding hydrogens is 369 g/mol. The van der Waals surface area contributed by atoms with Crippen LogP contribution in [0.3, 0.4) is 0 Å². The van der Waals surface area contributed by atoms with E-state index in [1.54, 1.807) is 16.9 Å². The van der Waals surface area contributed by atoms with Gasteiger partial charge >= 0.3 is 0 Å². The molecule has 2 heterocycles. The van der Waals surface area contributed by atoms with Crippen LogP contribution >= 0.6 is 11.6 Å². The first kappa shape index (κ1) is 19.1. The smallest absolute Gasteiger partial charge is 0.253 e. The predicted octanol–water partition coefficient (Wildman–Crippen LogP) is 3.05. The summed E-state index contributed by atoms with van der Waals surface area (Å²) in [7, 11) is 1.84. The third-order valence-electron chi connectivity index (χ3n) is 4.42.